The lowest BCUT2D eigenvalue weighted by Crippen LogP contribution is -2.44. The van der Waals surface area contributed by atoms with Crippen LogP contribution < -0.4 is 20.9 Å². The largest absolute Gasteiger partial charge is 0.489 e. The number of H-pyrrole nitrogens is 1. The normalized spacial score (nSPS) is 11.2. The van der Waals surface area contributed by atoms with Gasteiger partial charge in [0, 0.05) is 13.5 Å². The zero-order valence-corrected chi connectivity index (χ0v) is 17.8. The smallest absolute Gasteiger partial charge is 0.309 e. The summed E-state index contributed by atoms with van der Waals surface area (Å²) >= 11 is 0. The second-order valence-electron chi connectivity index (χ2n) is 7.31. The molecule has 0 saturated carbocycles. The summed E-state index contributed by atoms with van der Waals surface area (Å²) in [6.45, 7) is 4.75. The third kappa shape index (κ3) is 4.96. The third-order valence-electron chi connectivity index (χ3n) is 4.40. The number of nitrogens with one attached hydrogen (secondary N) is 3. The molecule has 0 atom stereocenters. The summed E-state index contributed by atoms with van der Waals surface area (Å²) in [7, 11) is 1.23. The molecule has 3 aromatic rings. The summed E-state index contributed by atoms with van der Waals surface area (Å²) in [6, 6.07) is 5.56. The van der Waals surface area contributed by atoms with Crippen molar-refractivity contribution in [3.8, 4) is 5.75 Å². The van der Waals surface area contributed by atoms with Crippen molar-refractivity contribution in [1.29, 1.82) is 0 Å². The Morgan fingerprint density at radius 2 is 1.88 bits per heavy atom. The lowest BCUT2D eigenvalue weighted by atomic mass is 10.0. The molecule has 168 valence electrons. The third-order valence-corrected chi connectivity index (χ3v) is 4.40. The number of halogens is 1. The summed E-state index contributed by atoms with van der Waals surface area (Å²) in [4.78, 5) is 44.4. The van der Waals surface area contributed by atoms with Gasteiger partial charge in [-0.2, -0.15) is 0 Å². The van der Waals surface area contributed by atoms with E-state index in [1.165, 1.54) is 38.3 Å². The van der Waals surface area contributed by atoms with E-state index in [-0.39, 0.29) is 35.6 Å². The molecule has 0 unspecified atom stereocenters. The molecule has 0 aliphatic carbocycles. The predicted molar refractivity (Wildman–Crippen MR) is 109 cm³/mol. The van der Waals surface area contributed by atoms with Crippen molar-refractivity contribution >= 4 is 11.8 Å². The summed E-state index contributed by atoms with van der Waals surface area (Å²) in [6.07, 6.45) is 0. The maximum Gasteiger partial charge on any atom is 0.309 e. The summed E-state index contributed by atoms with van der Waals surface area (Å²) < 4.78 is 23.2. The number of aryl methyl sites for hydroxylation is 1. The maximum atomic E-state index is 13.1. The zero-order valence-electron chi connectivity index (χ0n) is 17.8. The van der Waals surface area contributed by atoms with Crippen LogP contribution in [0.2, 0.25) is 0 Å². The fourth-order valence-electron chi connectivity index (χ4n) is 2.75. The number of rotatable bonds is 7. The van der Waals surface area contributed by atoms with Crippen molar-refractivity contribution in [2.24, 2.45) is 0 Å². The molecular formula is C20H21FN6O5. The Bertz CT molecular complexity index is 1200. The molecule has 2 aromatic heterocycles. The van der Waals surface area contributed by atoms with Gasteiger partial charge in [-0.15, -0.1) is 10.2 Å². The average molecular weight is 444 g/mol. The minimum atomic E-state index is -1.23. The van der Waals surface area contributed by atoms with Gasteiger partial charge in [0.2, 0.25) is 11.6 Å². The van der Waals surface area contributed by atoms with E-state index in [0.29, 0.717) is 5.56 Å². The highest BCUT2D eigenvalue weighted by Gasteiger charge is 2.31. The van der Waals surface area contributed by atoms with Crippen molar-refractivity contribution in [3.63, 3.8) is 0 Å². The molecule has 11 nitrogen and oxygen atoms in total. The molecule has 12 heteroatoms. The van der Waals surface area contributed by atoms with Gasteiger partial charge < -0.3 is 24.8 Å². The first kappa shape index (κ1) is 22.6. The van der Waals surface area contributed by atoms with Gasteiger partial charge in [-0.05, 0) is 31.5 Å². The number of aromatic nitrogens is 4. The fraction of sp³-hybridized carbons (Fsp3) is 0.300. The van der Waals surface area contributed by atoms with E-state index in [1.54, 1.807) is 13.8 Å². The Kier molecular flexibility index (Phi) is 6.32. The predicted octanol–water partition coefficient (Wildman–Crippen LogP) is 1.20. The van der Waals surface area contributed by atoms with Gasteiger partial charge >= 0.3 is 11.8 Å². The zero-order chi connectivity index (χ0) is 23.5. The number of ether oxygens (including phenoxy) is 1. The fourth-order valence-corrected chi connectivity index (χ4v) is 2.75. The van der Waals surface area contributed by atoms with Crippen LogP contribution in [0.4, 0.5) is 4.39 Å². The molecule has 0 bridgehead atoms. The number of methoxy groups -OCH3 is 1. The van der Waals surface area contributed by atoms with Crippen molar-refractivity contribution in [3.05, 3.63) is 69.3 Å². The molecule has 0 saturated heterocycles. The SMILES string of the molecule is COc1c(C(=O)NCc2ccc(F)cc2)nc(C(C)(C)NC(=O)c2nnc(C)o2)[nH]c1=O. The Hall–Kier alpha value is -4.09. The molecule has 0 radical (unpaired) electrons. The minimum absolute atomic E-state index is 0.000167. The molecule has 0 spiro atoms. The molecule has 0 fully saturated rings. The number of aromatic amines is 1. The van der Waals surface area contributed by atoms with Gasteiger partial charge in [0.1, 0.15) is 11.6 Å². The van der Waals surface area contributed by atoms with Crippen molar-refractivity contribution in [2.75, 3.05) is 7.11 Å². The Morgan fingerprint density at radius 3 is 2.47 bits per heavy atom. The van der Waals surface area contributed by atoms with E-state index >= 15 is 0 Å². The molecule has 1 aromatic carbocycles. The van der Waals surface area contributed by atoms with E-state index in [4.69, 9.17) is 9.15 Å². The Labute approximate surface area is 181 Å². The molecule has 0 aliphatic rings. The van der Waals surface area contributed by atoms with Gasteiger partial charge in [-0.25, -0.2) is 9.37 Å². The maximum absolute atomic E-state index is 13.1. The second-order valence-corrected chi connectivity index (χ2v) is 7.31. The Balaban J connectivity index is 1.86. The number of carbonyl (C=O) groups is 2. The quantitative estimate of drug-likeness (QED) is 0.492. The first-order chi connectivity index (χ1) is 15.1. The topological polar surface area (TPSA) is 152 Å². The highest BCUT2D eigenvalue weighted by atomic mass is 19.1. The van der Waals surface area contributed by atoms with Crippen LogP contribution in [0.3, 0.4) is 0 Å². The molecule has 3 rings (SSSR count). The van der Waals surface area contributed by atoms with Crippen LogP contribution in [-0.2, 0) is 12.1 Å². The van der Waals surface area contributed by atoms with Crippen LogP contribution in [-0.4, -0.2) is 39.1 Å². The molecule has 2 amide bonds. The lowest BCUT2D eigenvalue weighted by Gasteiger charge is -2.25. The van der Waals surface area contributed by atoms with Crippen LogP contribution in [0.15, 0.2) is 33.5 Å². The summed E-state index contributed by atoms with van der Waals surface area (Å²) in [5.41, 5.74) is -1.56. The first-order valence-corrected chi connectivity index (χ1v) is 9.44. The van der Waals surface area contributed by atoms with E-state index in [1.807, 2.05) is 0 Å². The van der Waals surface area contributed by atoms with Gasteiger partial charge in [-0.3, -0.25) is 14.4 Å². The highest BCUT2D eigenvalue weighted by molar-refractivity contribution is 5.95. The number of carbonyl (C=O) groups excluding carboxylic acids is 2. The molecule has 2 heterocycles. The second kappa shape index (κ2) is 8.96. The Morgan fingerprint density at radius 1 is 1.19 bits per heavy atom. The first-order valence-electron chi connectivity index (χ1n) is 9.44. The molecule has 32 heavy (non-hydrogen) atoms. The van der Waals surface area contributed by atoms with E-state index in [9.17, 15) is 18.8 Å². The highest BCUT2D eigenvalue weighted by Crippen LogP contribution is 2.19. The van der Waals surface area contributed by atoms with Gasteiger partial charge in [0.05, 0.1) is 12.6 Å². The summed E-state index contributed by atoms with van der Waals surface area (Å²) in [5, 5.41) is 12.5. The standard InChI is InChI=1S/C20H21FN6O5/c1-10-26-27-18(32-10)17(30)25-20(2,3)19-23-13(14(31-4)16(29)24-19)15(28)22-9-11-5-7-12(21)8-6-11/h5-8H,9H2,1-4H3,(H,22,28)(H,25,30)(H,23,24,29). The van der Waals surface area contributed by atoms with Crippen LogP contribution in [0, 0.1) is 12.7 Å². The van der Waals surface area contributed by atoms with Gasteiger partial charge in [0.15, 0.2) is 5.69 Å². The van der Waals surface area contributed by atoms with Crippen LogP contribution >= 0.6 is 0 Å². The van der Waals surface area contributed by atoms with E-state index in [2.05, 4.69) is 30.8 Å². The number of nitrogens with zero attached hydrogens (tertiary/aromatic N) is 3. The van der Waals surface area contributed by atoms with Gasteiger partial charge in [-0.1, -0.05) is 12.1 Å². The molecular weight excluding hydrogens is 423 g/mol. The van der Waals surface area contributed by atoms with E-state index in [0.717, 1.165) is 0 Å². The van der Waals surface area contributed by atoms with E-state index < -0.39 is 28.7 Å². The van der Waals surface area contributed by atoms with Crippen LogP contribution in [0.1, 0.15) is 52.3 Å². The van der Waals surface area contributed by atoms with Gasteiger partial charge in [0.25, 0.3) is 11.5 Å². The van der Waals surface area contributed by atoms with Crippen molar-refractivity contribution < 1.29 is 23.1 Å². The number of amides is 2. The lowest BCUT2D eigenvalue weighted by molar-refractivity contribution is 0.0871. The van der Waals surface area contributed by atoms with Crippen LogP contribution in [0.5, 0.6) is 5.75 Å². The van der Waals surface area contributed by atoms with Crippen LogP contribution in [0.25, 0.3) is 0 Å². The monoisotopic (exact) mass is 444 g/mol. The molecule has 0 aliphatic heterocycles. The number of benzene rings is 1. The van der Waals surface area contributed by atoms with Crippen molar-refractivity contribution in [1.82, 2.24) is 30.8 Å². The number of hydrogen-bond acceptors (Lipinski definition) is 8. The number of hydrogen-bond donors (Lipinski definition) is 3. The minimum Gasteiger partial charge on any atom is -0.489 e. The summed E-state index contributed by atoms with van der Waals surface area (Å²) in [5.74, 6) is -2.11. The average Bonchev–Trinajstić information content (AvgIpc) is 3.18. The molecule has 3 N–H and O–H groups in total. The van der Waals surface area contributed by atoms with Crippen molar-refractivity contribution in [2.45, 2.75) is 32.9 Å².